The Balaban J connectivity index is 2.46. The van der Waals surface area contributed by atoms with Crippen LogP contribution in [0, 0.1) is 5.92 Å². The molecule has 0 amide bonds. The lowest BCUT2D eigenvalue weighted by Gasteiger charge is -1.98. The van der Waals surface area contributed by atoms with Crippen LogP contribution < -0.4 is 4.40 Å². The Morgan fingerprint density at radius 3 is 3.00 bits per heavy atom. The summed E-state index contributed by atoms with van der Waals surface area (Å²) in [6, 6.07) is 6.19. The Kier molecular flexibility index (Phi) is 2.05. The first-order chi connectivity index (χ1) is 6.27. The molecule has 0 aliphatic heterocycles. The Morgan fingerprint density at radius 2 is 2.23 bits per heavy atom. The van der Waals surface area contributed by atoms with Gasteiger partial charge in [0.05, 0.1) is 6.20 Å². The number of imidazole rings is 1. The molecule has 0 saturated heterocycles. The molecular formula is C11H15N2+. The van der Waals surface area contributed by atoms with Crippen molar-refractivity contribution in [1.82, 2.24) is 4.98 Å². The third kappa shape index (κ3) is 1.57. The number of fused-ring (bicyclic) bond motifs is 1. The maximum absolute atomic E-state index is 3.26. The van der Waals surface area contributed by atoms with Crippen LogP contribution in [0.1, 0.15) is 19.5 Å². The van der Waals surface area contributed by atoms with E-state index in [1.807, 2.05) is 6.07 Å². The van der Waals surface area contributed by atoms with Gasteiger partial charge in [-0.15, -0.1) is 0 Å². The number of H-pyrrole nitrogens is 1. The van der Waals surface area contributed by atoms with E-state index >= 15 is 0 Å². The second-order valence-corrected chi connectivity index (χ2v) is 3.83. The molecule has 2 heterocycles. The monoisotopic (exact) mass is 175 g/mol. The van der Waals surface area contributed by atoms with Crippen LogP contribution in [0.5, 0.6) is 0 Å². The van der Waals surface area contributed by atoms with Crippen molar-refractivity contribution in [2.45, 2.75) is 20.3 Å². The summed E-state index contributed by atoms with van der Waals surface area (Å²) >= 11 is 0. The summed E-state index contributed by atoms with van der Waals surface area (Å²) in [5, 5.41) is 0. The molecule has 0 aliphatic rings. The zero-order valence-corrected chi connectivity index (χ0v) is 8.12. The average molecular weight is 175 g/mol. The van der Waals surface area contributed by atoms with Gasteiger partial charge in [0.1, 0.15) is 11.9 Å². The van der Waals surface area contributed by atoms with Crippen LogP contribution in [0.25, 0.3) is 5.65 Å². The molecule has 2 aromatic heterocycles. The number of pyridine rings is 1. The van der Waals surface area contributed by atoms with E-state index in [1.165, 1.54) is 5.69 Å². The molecule has 2 aromatic rings. The van der Waals surface area contributed by atoms with Gasteiger partial charge in [0.25, 0.3) is 5.65 Å². The van der Waals surface area contributed by atoms with E-state index in [0.717, 1.165) is 12.1 Å². The minimum Gasteiger partial charge on any atom is -0.243 e. The van der Waals surface area contributed by atoms with Gasteiger partial charge in [0.2, 0.25) is 0 Å². The molecule has 2 heteroatoms. The van der Waals surface area contributed by atoms with E-state index in [9.17, 15) is 0 Å². The minimum atomic E-state index is 0.701. The summed E-state index contributed by atoms with van der Waals surface area (Å²) in [5.74, 6) is 0.701. The predicted molar refractivity (Wildman–Crippen MR) is 52.5 cm³/mol. The fourth-order valence-corrected chi connectivity index (χ4v) is 1.61. The zero-order chi connectivity index (χ0) is 9.26. The second-order valence-electron chi connectivity index (χ2n) is 3.83. The van der Waals surface area contributed by atoms with Gasteiger partial charge >= 0.3 is 0 Å². The molecule has 68 valence electrons. The lowest BCUT2D eigenvalue weighted by atomic mass is 10.1. The number of hydrogen-bond donors (Lipinski definition) is 1. The zero-order valence-electron chi connectivity index (χ0n) is 8.12. The summed E-state index contributed by atoms with van der Waals surface area (Å²) in [6.45, 7) is 4.48. The predicted octanol–water partition coefficient (Wildman–Crippen LogP) is 1.95. The number of hydrogen-bond acceptors (Lipinski definition) is 0. The van der Waals surface area contributed by atoms with Crippen molar-refractivity contribution >= 4 is 5.65 Å². The first-order valence-electron chi connectivity index (χ1n) is 4.74. The van der Waals surface area contributed by atoms with E-state index in [0.29, 0.717) is 5.92 Å². The van der Waals surface area contributed by atoms with Crippen molar-refractivity contribution in [3.63, 3.8) is 0 Å². The summed E-state index contributed by atoms with van der Waals surface area (Å²) in [7, 11) is 0. The van der Waals surface area contributed by atoms with Gasteiger partial charge in [-0.05, 0) is 12.0 Å². The number of aromatic nitrogens is 2. The number of nitrogens with one attached hydrogen (secondary N) is 1. The Hall–Kier alpha value is -1.31. The van der Waals surface area contributed by atoms with E-state index in [4.69, 9.17) is 0 Å². The topological polar surface area (TPSA) is 19.9 Å². The second kappa shape index (κ2) is 3.21. The van der Waals surface area contributed by atoms with Crippen LogP contribution in [0.2, 0.25) is 0 Å². The third-order valence-electron chi connectivity index (χ3n) is 2.17. The number of nitrogens with zero attached hydrogens (tertiary/aromatic N) is 1. The Morgan fingerprint density at radius 1 is 1.38 bits per heavy atom. The highest BCUT2D eigenvalue weighted by Gasteiger charge is 2.10. The van der Waals surface area contributed by atoms with Crippen LogP contribution >= 0.6 is 0 Å². The number of aromatic amines is 1. The maximum atomic E-state index is 3.26. The van der Waals surface area contributed by atoms with E-state index in [1.54, 1.807) is 0 Å². The SMILES string of the molecule is CC(C)Cc1c[nH]c2cccc[n+]12. The highest BCUT2D eigenvalue weighted by molar-refractivity contribution is 5.28. The van der Waals surface area contributed by atoms with E-state index in [2.05, 4.69) is 47.8 Å². The van der Waals surface area contributed by atoms with Gasteiger partial charge in [-0.1, -0.05) is 19.9 Å². The van der Waals surface area contributed by atoms with Gasteiger partial charge in [0.15, 0.2) is 0 Å². The summed E-state index contributed by atoms with van der Waals surface area (Å²) in [6.07, 6.45) is 5.31. The van der Waals surface area contributed by atoms with Gasteiger partial charge in [-0.3, -0.25) is 0 Å². The molecule has 2 nitrogen and oxygen atoms in total. The minimum absolute atomic E-state index is 0.701. The highest BCUT2D eigenvalue weighted by Crippen LogP contribution is 2.04. The first kappa shape index (κ1) is 8.30. The maximum Gasteiger partial charge on any atom is 0.284 e. The van der Waals surface area contributed by atoms with Crippen molar-refractivity contribution < 1.29 is 4.40 Å². The van der Waals surface area contributed by atoms with Crippen molar-refractivity contribution in [2.75, 3.05) is 0 Å². The lowest BCUT2D eigenvalue weighted by molar-refractivity contribution is -0.520. The van der Waals surface area contributed by atoms with Crippen molar-refractivity contribution in [3.8, 4) is 0 Å². The smallest absolute Gasteiger partial charge is 0.243 e. The molecule has 0 bridgehead atoms. The van der Waals surface area contributed by atoms with Crippen LogP contribution in [-0.4, -0.2) is 4.98 Å². The van der Waals surface area contributed by atoms with Gasteiger partial charge in [-0.25, -0.2) is 9.38 Å². The van der Waals surface area contributed by atoms with Crippen LogP contribution in [-0.2, 0) is 6.42 Å². The van der Waals surface area contributed by atoms with Crippen LogP contribution in [0.3, 0.4) is 0 Å². The van der Waals surface area contributed by atoms with Crippen molar-refractivity contribution in [1.29, 1.82) is 0 Å². The molecule has 0 saturated carbocycles. The Labute approximate surface area is 78.2 Å². The average Bonchev–Trinajstić information content (AvgIpc) is 2.48. The lowest BCUT2D eigenvalue weighted by Crippen LogP contribution is -2.24. The number of rotatable bonds is 2. The summed E-state index contributed by atoms with van der Waals surface area (Å²) in [5.41, 5.74) is 2.52. The van der Waals surface area contributed by atoms with Crippen LogP contribution in [0.15, 0.2) is 30.6 Å². The highest BCUT2D eigenvalue weighted by atomic mass is 15.0. The fraction of sp³-hybridized carbons (Fsp3) is 0.364. The first-order valence-corrected chi connectivity index (χ1v) is 4.74. The molecule has 2 rings (SSSR count). The normalized spacial score (nSPS) is 11.3. The molecule has 0 aliphatic carbocycles. The van der Waals surface area contributed by atoms with Crippen molar-refractivity contribution in [2.24, 2.45) is 5.92 Å². The molecule has 0 unspecified atom stereocenters. The van der Waals surface area contributed by atoms with Gasteiger partial charge < -0.3 is 0 Å². The molecule has 0 spiro atoms. The van der Waals surface area contributed by atoms with E-state index < -0.39 is 0 Å². The summed E-state index contributed by atoms with van der Waals surface area (Å²) < 4.78 is 2.21. The molecule has 13 heavy (non-hydrogen) atoms. The molecule has 0 radical (unpaired) electrons. The fourth-order valence-electron chi connectivity index (χ4n) is 1.61. The largest absolute Gasteiger partial charge is 0.284 e. The Bertz CT molecular complexity index is 401. The summed E-state index contributed by atoms with van der Waals surface area (Å²) in [4.78, 5) is 3.26. The molecular weight excluding hydrogens is 160 g/mol. The van der Waals surface area contributed by atoms with E-state index in [-0.39, 0.29) is 0 Å². The van der Waals surface area contributed by atoms with Crippen molar-refractivity contribution in [3.05, 3.63) is 36.3 Å². The van der Waals surface area contributed by atoms with Gasteiger partial charge in [-0.2, -0.15) is 0 Å². The molecule has 0 fully saturated rings. The standard InChI is InChI=1S/C11H14N2/c1-9(2)7-10-8-12-11-5-3-4-6-13(10)11/h3-6,8-9H,7H2,1-2H3/p+1. The third-order valence-corrected chi connectivity index (χ3v) is 2.17. The van der Waals surface area contributed by atoms with Crippen LogP contribution in [0.4, 0.5) is 0 Å². The molecule has 0 aromatic carbocycles. The quantitative estimate of drug-likeness (QED) is 0.673. The molecule has 0 atom stereocenters. The molecule has 1 N–H and O–H groups in total. The van der Waals surface area contributed by atoms with Gasteiger partial charge in [0, 0.05) is 12.5 Å².